The Morgan fingerprint density at radius 1 is 1.37 bits per heavy atom. The van der Waals surface area contributed by atoms with Crippen LogP contribution in [0.15, 0.2) is 29.6 Å². The fourth-order valence-electron chi connectivity index (χ4n) is 2.58. The molecule has 0 aliphatic carbocycles. The molecular weight excluding hydrogens is 386 g/mol. The largest absolute Gasteiger partial charge is 0.458 e. The van der Waals surface area contributed by atoms with Crippen molar-refractivity contribution in [2.75, 3.05) is 23.7 Å². The van der Waals surface area contributed by atoms with E-state index in [0.717, 1.165) is 11.3 Å². The molecule has 2 aromatic rings. The molecular formula is C18H19N3O4S2. The van der Waals surface area contributed by atoms with Crippen LogP contribution >= 0.6 is 23.1 Å². The molecule has 0 spiro atoms. The van der Waals surface area contributed by atoms with Gasteiger partial charge < -0.3 is 9.64 Å². The molecule has 1 fully saturated rings. The molecule has 9 heteroatoms. The van der Waals surface area contributed by atoms with Gasteiger partial charge in [0.25, 0.3) is 5.24 Å². The normalized spacial score (nSPS) is 13.7. The number of thiazole rings is 1. The lowest BCUT2D eigenvalue weighted by molar-refractivity contribution is -0.145. The van der Waals surface area contributed by atoms with E-state index in [-0.39, 0.29) is 24.3 Å². The second-order valence-corrected chi connectivity index (χ2v) is 7.89. The van der Waals surface area contributed by atoms with E-state index in [4.69, 9.17) is 4.74 Å². The molecule has 0 radical (unpaired) electrons. The number of amides is 2. The third-order valence-corrected chi connectivity index (χ3v) is 5.62. The zero-order valence-corrected chi connectivity index (χ0v) is 16.6. The highest BCUT2D eigenvalue weighted by molar-refractivity contribution is 8.13. The number of ether oxygens (including phenoxy) is 1. The summed E-state index contributed by atoms with van der Waals surface area (Å²) in [6.07, 6.45) is 0. The van der Waals surface area contributed by atoms with Crippen molar-refractivity contribution in [1.82, 2.24) is 9.88 Å². The molecule has 2 amide bonds. The van der Waals surface area contributed by atoms with Crippen LogP contribution in [0.2, 0.25) is 0 Å². The summed E-state index contributed by atoms with van der Waals surface area (Å²) in [6, 6.07) is 7.60. The first-order chi connectivity index (χ1) is 12.9. The van der Waals surface area contributed by atoms with E-state index in [1.54, 1.807) is 5.38 Å². The van der Waals surface area contributed by atoms with Gasteiger partial charge in [-0.1, -0.05) is 23.9 Å². The van der Waals surface area contributed by atoms with Crippen LogP contribution in [0, 0.1) is 6.92 Å². The Morgan fingerprint density at radius 2 is 2.19 bits per heavy atom. The number of hydrogen-bond donors (Lipinski definition) is 0. The van der Waals surface area contributed by atoms with Gasteiger partial charge in [0.2, 0.25) is 5.91 Å². The van der Waals surface area contributed by atoms with E-state index in [2.05, 4.69) is 4.98 Å². The second kappa shape index (κ2) is 8.53. The number of carbonyl (C=O) groups is 3. The second-order valence-electron chi connectivity index (χ2n) is 6.01. The Hall–Kier alpha value is -2.39. The molecule has 1 aliphatic heterocycles. The fourth-order valence-corrected chi connectivity index (χ4v) is 4.28. The number of rotatable bonds is 6. The molecule has 2 heterocycles. The summed E-state index contributed by atoms with van der Waals surface area (Å²) in [6.45, 7) is 3.95. The molecule has 0 atom stereocenters. The van der Waals surface area contributed by atoms with Gasteiger partial charge in [0.05, 0.1) is 11.4 Å². The maximum atomic E-state index is 12.1. The predicted octanol–water partition coefficient (Wildman–Crippen LogP) is 3.35. The van der Waals surface area contributed by atoms with Crippen molar-refractivity contribution < 1.29 is 19.1 Å². The lowest BCUT2D eigenvalue weighted by atomic mass is 10.2. The van der Waals surface area contributed by atoms with Crippen molar-refractivity contribution in [3.05, 3.63) is 40.9 Å². The third kappa shape index (κ3) is 4.86. The number of aryl methyl sites for hydroxylation is 1. The van der Waals surface area contributed by atoms with Crippen LogP contribution < -0.4 is 4.90 Å². The first-order valence-corrected chi connectivity index (χ1v) is 10.2. The minimum absolute atomic E-state index is 0.00404. The summed E-state index contributed by atoms with van der Waals surface area (Å²) in [7, 11) is 0. The summed E-state index contributed by atoms with van der Waals surface area (Å²) in [5.41, 5.74) is 2.34. The monoisotopic (exact) mass is 405 g/mol. The number of thioether (sulfide) groups is 1. The lowest BCUT2D eigenvalue weighted by Crippen LogP contribution is -2.30. The van der Waals surface area contributed by atoms with Crippen LogP contribution in [0.5, 0.6) is 0 Å². The van der Waals surface area contributed by atoms with Crippen molar-refractivity contribution in [2.24, 2.45) is 0 Å². The van der Waals surface area contributed by atoms with Crippen LogP contribution in [0.3, 0.4) is 0 Å². The zero-order valence-electron chi connectivity index (χ0n) is 15.0. The molecule has 0 N–H and O–H groups in total. The lowest BCUT2D eigenvalue weighted by Gasteiger charge is -2.18. The van der Waals surface area contributed by atoms with E-state index in [9.17, 15) is 14.4 Å². The van der Waals surface area contributed by atoms with Gasteiger partial charge in [0.1, 0.15) is 13.2 Å². The van der Waals surface area contributed by atoms with Crippen LogP contribution in [0.1, 0.15) is 18.2 Å². The van der Waals surface area contributed by atoms with E-state index < -0.39 is 5.97 Å². The standard InChI is InChI=1S/C18H19N3O4S2/c1-12-4-3-5-15(8-12)21(13(2)22)17-19-14(11-27-17)10-25-16(23)9-20-6-7-26-18(20)24/h3-5,8,11H,6-7,9-10H2,1-2H3. The highest BCUT2D eigenvalue weighted by Crippen LogP contribution is 2.29. The van der Waals surface area contributed by atoms with Gasteiger partial charge >= 0.3 is 5.97 Å². The van der Waals surface area contributed by atoms with Crippen LogP contribution in [-0.4, -0.2) is 45.8 Å². The van der Waals surface area contributed by atoms with Crippen LogP contribution in [-0.2, 0) is 20.9 Å². The average Bonchev–Trinajstić information content (AvgIpc) is 3.23. The van der Waals surface area contributed by atoms with Crippen molar-refractivity contribution in [3.63, 3.8) is 0 Å². The molecule has 142 valence electrons. The highest BCUT2D eigenvalue weighted by atomic mass is 32.2. The van der Waals surface area contributed by atoms with Gasteiger partial charge in [-0.15, -0.1) is 11.3 Å². The summed E-state index contributed by atoms with van der Waals surface area (Å²) in [5.74, 6) is 0.0764. The molecule has 0 bridgehead atoms. The Kier molecular flexibility index (Phi) is 6.12. The minimum Gasteiger partial charge on any atom is -0.458 e. The molecule has 1 saturated heterocycles. The molecule has 1 aromatic carbocycles. The smallest absolute Gasteiger partial charge is 0.326 e. The van der Waals surface area contributed by atoms with Gasteiger partial charge in [-0.2, -0.15) is 0 Å². The maximum Gasteiger partial charge on any atom is 0.326 e. The Bertz CT molecular complexity index is 868. The van der Waals surface area contributed by atoms with Gasteiger partial charge in [-0.05, 0) is 24.6 Å². The number of benzene rings is 1. The van der Waals surface area contributed by atoms with Gasteiger partial charge in [0.15, 0.2) is 5.13 Å². The molecule has 0 saturated carbocycles. The third-order valence-electron chi connectivity index (χ3n) is 3.85. The Balaban J connectivity index is 1.63. The predicted molar refractivity (Wildman–Crippen MR) is 105 cm³/mol. The summed E-state index contributed by atoms with van der Waals surface area (Å²) in [4.78, 5) is 43.0. The summed E-state index contributed by atoms with van der Waals surface area (Å²) < 4.78 is 5.22. The SMILES string of the molecule is CC(=O)N(c1cccc(C)c1)c1nc(COC(=O)CN2CCSC2=O)cs1. The summed E-state index contributed by atoms with van der Waals surface area (Å²) in [5, 5.41) is 2.18. The number of esters is 1. The number of aromatic nitrogens is 1. The fraction of sp³-hybridized carbons (Fsp3) is 0.333. The maximum absolute atomic E-state index is 12.1. The first kappa shape index (κ1) is 19.4. The van der Waals surface area contributed by atoms with E-state index >= 15 is 0 Å². The number of hydrogen-bond acceptors (Lipinski definition) is 7. The zero-order chi connectivity index (χ0) is 19.4. The quantitative estimate of drug-likeness (QED) is 0.686. The van der Waals surface area contributed by atoms with E-state index in [0.29, 0.717) is 23.1 Å². The van der Waals surface area contributed by atoms with E-state index in [1.807, 2.05) is 31.2 Å². The van der Waals surface area contributed by atoms with Crippen molar-refractivity contribution >= 4 is 51.0 Å². The molecule has 1 aromatic heterocycles. The first-order valence-electron chi connectivity index (χ1n) is 8.33. The van der Waals surface area contributed by atoms with Crippen molar-refractivity contribution in [2.45, 2.75) is 20.5 Å². The summed E-state index contributed by atoms with van der Waals surface area (Å²) >= 11 is 2.51. The van der Waals surface area contributed by atoms with Gasteiger partial charge in [0, 0.05) is 24.6 Å². The molecule has 3 rings (SSSR count). The minimum atomic E-state index is -0.470. The van der Waals surface area contributed by atoms with Gasteiger partial charge in [-0.3, -0.25) is 19.3 Å². The molecule has 27 heavy (non-hydrogen) atoms. The molecule has 7 nitrogen and oxygen atoms in total. The molecule has 1 aliphatic rings. The van der Waals surface area contributed by atoms with Gasteiger partial charge in [-0.25, -0.2) is 4.98 Å². The van der Waals surface area contributed by atoms with Crippen LogP contribution in [0.4, 0.5) is 15.6 Å². The number of carbonyl (C=O) groups excluding carboxylic acids is 3. The Labute approximate surface area is 165 Å². The topological polar surface area (TPSA) is 79.8 Å². The average molecular weight is 406 g/mol. The number of anilines is 2. The van der Waals surface area contributed by atoms with Crippen molar-refractivity contribution in [1.29, 1.82) is 0 Å². The molecule has 0 unspecified atom stereocenters. The number of nitrogens with zero attached hydrogens (tertiary/aromatic N) is 3. The van der Waals surface area contributed by atoms with Crippen molar-refractivity contribution in [3.8, 4) is 0 Å². The van der Waals surface area contributed by atoms with Crippen LogP contribution in [0.25, 0.3) is 0 Å². The van der Waals surface area contributed by atoms with E-state index in [1.165, 1.54) is 39.8 Å². The highest BCUT2D eigenvalue weighted by Gasteiger charge is 2.24. The Morgan fingerprint density at radius 3 is 2.85 bits per heavy atom.